The molecule has 0 unspecified atom stereocenters. The van der Waals surface area contributed by atoms with Crippen molar-refractivity contribution in [2.24, 2.45) is 0 Å². The molecule has 0 saturated heterocycles. The molecule has 0 radical (unpaired) electrons. The van der Waals surface area contributed by atoms with Gasteiger partial charge in [0.1, 0.15) is 11.5 Å². The lowest BCUT2D eigenvalue weighted by molar-refractivity contribution is 0.271. The summed E-state index contributed by atoms with van der Waals surface area (Å²) in [5.41, 5.74) is 3.56. The number of pyridine rings is 1. The maximum Gasteiger partial charge on any atom is 0.158 e. The van der Waals surface area contributed by atoms with Crippen LogP contribution in [-0.4, -0.2) is 38.2 Å². The second-order valence-corrected chi connectivity index (χ2v) is 5.23. The molecule has 22 heavy (non-hydrogen) atoms. The highest BCUT2D eigenvalue weighted by molar-refractivity contribution is 5.92. The Bertz CT molecular complexity index is 776. The molecule has 3 heterocycles. The molecule has 6 heteroatoms. The Morgan fingerprint density at radius 1 is 1.27 bits per heavy atom. The fourth-order valence-corrected chi connectivity index (χ4v) is 2.60. The molecule has 0 aliphatic carbocycles. The van der Waals surface area contributed by atoms with Crippen LogP contribution in [0.1, 0.15) is 17.7 Å². The number of hydrogen-bond acceptors (Lipinski definition) is 5. The van der Waals surface area contributed by atoms with Gasteiger partial charge in [-0.05, 0) is 37.5 Å². The average Bonchev–Trinajstić information content (AvgIpc) is 3.09. The fourth-order valence-electron chi connectivity index (χ4n) is 2.60. The maximum atomic E-state index is 9.21. The van der Waals surface area contributed by atoms with Crippen LogP contribution in [0.4, 0.5) is 0 Å². The van der Waals surface area contributed by atoms with Gasteiger partial charge in [-0.2, -0.15) is 5.10 Å². The molecule has 6 nitrogen and oxygen atoms in total. The first-order valence-corrected chi connectivity index (χ1v) is 7.36. The zero-order valence-corrected chi connectivity index (χ0v) is 12.5. The first-order valence-electron chi connectivity index (χ1n) is 7.36. The van der Waals surface area contributed by atoms with E-state index in [0.717, 1.165) is 40.0 Å². The van der Waals surface area contributed by atoms with Gasteiger partial charge in [0.05, 0.1) is 19.4 Å². The number of aryl methyl sites for hydroxylation is 2. The van der Waals surface area contributed by atoms with Crippen LogP contribution in [0.25, 0.3) is 22.3 Å². The number of furan rings is 1. The van der Waals surface area contributed by atoms with E-state index in [9.17, 15) is 5.11 Å². The Hall–Kier alpha value is -2.18. The predicted octanol–water partition coefficient (Wildman–Crippen LogP) is 1.92. The summed E-state index contributed by atoms with van der Waals surface area (Å²) in [6.07, 6.45) is 4.93. The van der Waals surface area contributed by atoms with Crippen molar-refractivity contribution >= 4 is 11.0 Å². The number of aliphatic hydroxyl groups excluding tert-OH is 2. The molecule has 0 aliphatic rings. The molecule has 0 atom stereocenters. The minimum absolute atomic E-state index is 0.00847. The standard InChI is InChI=1S/C16H19N3O3/c1-11-13(4-8-22-11)15-14-9-12(3-2-6-20)10-17-16(14)19(18-15)5-7-21/h4,8-10,20-21H,2-3,5-7H2,1H3. The van der Waals surface area contributed by atoms with Gasteiger partial charge in [0, 0.05) is 23.8 Å². The van der Waals surface area contributed by atoms with Crippen molar-refractivity contribution in [3.63, 3.8) is 0 Å². The van der Waals surface area contributed by atoms with E-state index in [-0.39, 0.29) is 13.2 Å². The van der Waals surface area contributed by atoms with E-state index in [1.165, 1.54) is 0 Å². The Labute approximate surface area is 128 Å². The third-order valence-corrected chi connectivity index (χ3v) is 3.69. The summed E-state index contributed by atoms with van der Waals surface area (Å²) in [5.74, 6) is 0.802. The van der Waals surface area contributed by atoms with Crippen LogP contribution in [0.3, 0.4) is 0 Å². The number of nitrogens with zero attached hydrogens (tertiary/aromatic N) is 3. The highest BCUT2D eigenvalue weighted by Crippen LogP contribution is 2.30. The van der Waals surface area contributed by atoms with Crippen molar-refractivity contribution in [2.75, 3.05) is 13.2 Å². The molecule has 3 aromatic rings. The second kappa shape index (κ2) is 6.29. The number of fused-ring (bicyclic) bond motifs is 1. The van der Waals surface area contributed by atoms with Gasteiger partial charge >= 0.3 is 0 Å². The highest BCUT2D eigenvalue weighted by atomic mass is 16.3. The highest BCUT2D eigenvalue weighted by Gasteiger charge is 2.17. The largest absolute Gasteiger partial charge is 0.469 e. The Morgan fingerprint density at radius 3 is 2.82 bits per heavy atom. The molecule has 0 aliphatic heterocycles. The van der Waals surface area contributed by atoms with Crippen LogP contribution in [-0.2, 0) is 13.0 Å². The minimum Gasteiger partial charge on any atom is -0.469 e. The SMILES string of the molecule is Cc1occc1-c1nn(CCO)c2ncc(CCCO)cc12. The van der Waals surface area contributed by atoms with Crippen LogP contribution >= 0.6 is 0 Å². The first kappa shape index (κ1) is 14.7. The monoisotopic (exact) mass is 301 g/mol. The van der Waals surface area contributed by atoms with Gasteiger partial charge in [0.15, 0.2) is 5.65 Å². The molecule has 2 N–H and O–H groups in total. The van der Waals surface area contributed by atoms with Crippen LogP contribution in [0.2, 0.25) is 0 Å². The summed E-state index contributed by atoms with van der Waals surface area (Å²) in [5, 5.41) is 23.7. The minimum atomic E-state index is 0.00847. The van der Waals surface area contributed by atoms with Crippen molar-refractivity contribution in [2.45, 2.75) is 26.3 Å². The van der Waals surface area contributed by atoms with Gasteiger partial charge in [-0.15, -0.1) is 0 Å². The smallest absolute Gasteiger partial charge is 0.158 e. The van der Waals surface area contributed by atoms with Gasteiger partial charge in [0.25, 0.3) is 0 Å². The molecule has 0 saturated carbocycles. The first-order chi connectivity index (χ1) is 10.7. The zero-order chi connectivity index (χ0) is 15.5. The van der Waals surface area contributed by atoms with Crippen LogP contribution in [0, 0.1) is 6.92 Å². The number of hydrogen-bond donors (Lipinski definition) is 2. The predicted molar refractivity (Wildman–Crippen MR) is 82.5 cm³/mol. The number of aromatic nitrogens is 3. The van der Waals surface area contributed by atoms with Crippen molar-refractivity contribution in [3.05, 3.63) is 35.9 Å². The van der Waals surface area contributed by atoms with Crippen LogP contribution in [0.15, 0.2) is 29.0 Å². The van der Waals surface area contributed by atoms with Crippen LogP contribution in [0.5, 0.6) is 0 Å². The summed E-state index contributed by atoms with van der Waals surface area (Å²) in [6, 6.07) is 3.95. The quantitative estimate of drug-likeness (QED) is 0.726. The zero-order valence-electron chi connectivity index (χ0n) is 12.5. The summed E-state index contributed by atoms with van der Waals surface area (Å²) < 4.78 is 7.10. The van der Waals surface area contributed by atoms with Crippen molar-refractivity contribution < 1.29 is 14.6 Å². The topological polar surface area (TPSA) is 84.3 Å². The summed E-state index contributed by atoms with van der Waals surface area (Å²) >= 11 is 0. The number of aliphatic hydroxyl groups is 2. The number of rotatable bonds is 6. The third kappa shape index (κ3) is 2.63. The van der Waals surface area contributed by atoms with Gasteiger partial charge < -0.3 is 14.6 Å². The second-order valence-electron chi connectivity index (χ2n) is 5.23. The molecule has 0 bridgehead atoms. The van der Waals surface area contributed by atoms with Gasteiger partial charge in [-0.1, -0.05) is 0 Å². The van der Waals surface area contributed by atoms with Gasteiger partial charge in [-0.3, -0.25) is 0 Å². The Morgan fingerprint density at radius 2 is 2.14 bits per heavy atom. The van der Waals surface area contributed by atoms with E-state index in [0.29, 0.717) is 13.0 Å². The van der Waals surface area contributed by atoms with E-state index in [1.807, 2.05) is 13.0 Å². The molecular formula is C16H19N3O3. The van der Waals surface area contributed by atoms with Gasteiger partial charge in [0.2, 0.25) is 0 Å². The summed E-state index contributed by atoms with van der Waals surface area (Å²) in [6.45, 7) is 2.47. The molecular weight excluding hydrogens is 282 g/mol. The molecule has 0 aromatic carbocycles. The van der Waals surface area contributed by atoms with E-state index >= 15 is 0 Å². The van der Waals surface area contributed by atoms with Crippen LogP contribution < -0.4 is 0 Å². The maximum absolute atomic E-state index is 9.21. The van der Waals surface area contributed by atoms with E-state index < -0.39 is 0 Å². The molecule has 0 spiro atoms. The van der Waals surface area contributed by atoms with E-state index in [1.54, 1.807) is 17.1 Å². The average molecular weight is 301 g/mol. The van der Waals surface area contributed by atoms with Crippen molar-refractivity contribution in [1.82, 2.24) is 14.8 Å². The lowest BCUT2D eigenvalue weighted by Gasteiger charge is -2.01. The molecule has 3 aromatic heterocycles. The van der Waals surface area contributed by atoms with E-state index in [4.69, 9.17) is 9.52 Å². The Kier molecular flexibility index (Phi) is 4.22. The van der Waals surface area contributed by atoms with Crippen molar-refractivity contribution in [3.8, 4) is 11.3 Å². The lowest BCUT2D eigenvalue weighted by atomic mass is 10.1. The molecule has 0 amide bonds. The van der Waals surface area contributed by atoms with E-state index in [2.05, 4.69) is 16.1 Å². The van der Waals surface area contributed by atoms with Crippen molar-refractivity contribution in [1.29, 1.82) is 0 Å². The summed E-state index contributed by atoms with van der Waals surface area (Å²) in [7, 11) is 0. The normalized spacial score (nSPS) is 11.4. The fraction of sp³-hybridized carbons (Fsp3) is 0.375. The summed E-state index contributed by atoms with van der Waals surface area (Å²) in [4.78, 5) is 4.49. The molecule has 0 fully saturated rings. The van der Waals surface area contributed by atoms with Gasteiger partial charge in [-0.25, -0.2) is 9.67 Å². The molecule has 116 valence electrons. The Balaban J connectivity index is 2.14. The third-order valence-electron chi connectivity index (χ3n) is 3.69. The lowest BCUT2D eigenvalue weighted by Crippen LogP contribution is -2.04. The molecule has 3 rings (SSSR count).